The molecule has 1 aromatic rings. The number of cyclic esters (lactones) is 1. The number of aromatic nitrogens is 2. The largest absolute Gasteiger partial charge is 0.479 e. The lowest BCUT2D eigenvalue weighted by Gasteiger charge is -2.36. The van der Waals surface area contributed by atoms with Gasteiger partial charge in [-0.15, -0.1) is 10.2 Å². The van der Waals surface area contributed by atoms with Crippen LogP contribution in [0.5, 0.6) is 0 Å². The zero-order chi connectivity index (χ0) is 17.9. The number of ether oxygens (including phenoxy) is 2. The quantitative estimate of drug-likeness (QED) is 0.652. The van der Waals surface area contributed by atoms with Crippen LogP contribution in [0.15, 0.2) is 34.3 Å². The number of hydrogen-bond donors (Lipinski definition) is 1. The van der Waals surface area contributed by atoms with E-state index in [-0.39, 0.29) is 17.8 Å². The number of esters is 1. The second-order valence-corrected chi connectivity index (χ2v) is 5.82. The lowest BCUT2D eigenvalue weighted by molar-refractivity contribution is -0.246. The molecule has 1 unspecified atom stereocenters. The third-order valence-electron chi connectivity index (χ3n) is 3.42. The normalized spacial score (nSPS) is 21.3. The van der Waals surface area contributed by atoms with E-state index in [0.29, 0.717) is 12.8 Å². The molecule has 24 heavy (non-hydrogen) atoms. The molecule has 1 atom stereocenters. The van der Waals surface area contributed by atoms with Crippen molar-refractivity contribution < 1.29 is 24.2 Å². The Morgan fingerprint density at radius 1 is 1.42 bits per heavy atom. The minimum atomic E-state index is -1.22. The Hall–Kier alpha value is -2.71. The summed E-state index contributed by atoms with van der Waals surface area (Å²) in [6, 6.07) is 0. The van der Waals surface area contributed by atoms with Crippen LogP contribution in [-0.4, -0.2) is 32.3 Å². The maximum absolute atomic E-state index is 12.2. The Bertz CT molecular complexity index is 706. The van der Waals surface area contributed by atoms with Crippen molar-refractivity contribution in [2.75, 3.05) is 0 Å². The van der Waals surface area contributed by atoms with Gasteiger partial charge in [0.2, 0.25) is 5.91 Å². The minimum Gasteiger partial charge on any atom is -0.479 e. The van der Waals surface area contributed by atoms with E-state index in [1.807, 2.05) is 13.8 Å². The average molecular weight is 336 g/mol. The van der Waals surface area contributed by atoms with Crippen LogP contribution in [0.3, 0.4) is 0 Å². The third-order valence-corrected chi connectivity index (χ3v) is 3.42. The van der Waals surface area contributed by atoms with Crippen LogP contribution in [0, 0.1) is 5.92 Å². The summed E-state index contributed by atoms with van der Waals surface area (Å²) >= 11 is 0. The van der Waals surface area contributed by atoms with Crippen LogP contribution in [0.1, 0.15) is 45.3 Å². The predicted molar refractivity (Wildman–Crippen MR) is 82.4 cm³/mol. The summed E-state index contributed by atoms with van der Waals surface area (Å²) < 4.78 is 11.9. The predicted octanol–water partition coefficient (Wildman–Crippen LogP) is 3.08. The number of imidazole rings is 1. The lowest BCUT2D eigenvalue weighted by atomic mass is 10.00. The molecule has 2 rings (SSSR count). The van der Waals surface area contributed by atoms with Gasteiger partial charge in [0.15, 0.2) is 0 Å². The maximum atomic E-state index is 12.2. The minimum absolute atomic E-state index is 0.0230. The monoisotopic (exact) mass is 336 g/mol. The van der Waals surface area contributed by atoms with Gasteiger partial charge in [-0.05, 0) is 5.92 Å². The Balaban J connectivity index is 2.27. The number of aliphatic hydroxyl groups excluding tert-OH is 1. The van der Waals surface area contributed by atoms with Crippen LogP contribution in [-0.2, 0) is 14.3 Å². The van der Waals surface area contributed by atoms with E-state index in [2.05, 4.69) is 15.2 Å². The van der Waals surface area contributed by atoms with Gasteiger partial charge in [-0.1, -0.05) is 20.8 Å². The number of carbonyl (C=O) groups excluding carboxylic acids is 2. The Kier molecular flexibility index (Phi) is 5.01. The Labute approximate surface area is 139 Å². The number of hydrogen-bond acceptors (Lipinski definition) is 8. The van der Waals surface area contributed by atoms with Gasteiger partial charge in [-0.25, -0.2) is 9.78 Å². The average Bonchev–Trinajstić information content (AvgIpc) is 2.94. The maximum Gasteiger partial charge on any atom is 0.369 e. The molecule has 130 valence electrons. The first-order valence-corrected chi connectivity index (χ1v) is 7.59. The molecular weight excluding hydrogens is 316 g/mol. The van der Waals surface area contributed by atoms with E-state index in [1.165, 1.54) is 19.3 Å². The molecule has 0 aliphatic carbocycles. The molecule has 0 bridgehead atoms. The second kappa shape index (κ2) is 6.81. The van der Waals surface area contributed by atoms with Gasteiger partial charge >= 0.3 is 11.9 Å². The van der Waals surface area contributed by atoms with Crippen molar-refractivity contribution in [1.82, 2.24) is 9.55 Å². The first-order chi connectivity index (χ1) is 11.3. The second-order valence-electron chi connectivity index (χ2n) is 5.82. The molecule has 0 amide bonds. The van der Waals surface area contributed by atoms with Crippen LogP contribution < -0.4 is 0 Å². The summed E-state index contributed by atoms with van der Waals surface area (Å²) in [6.45, 7) is 7.02. The molecule has 0 aromatic carbocycles. The topological polar surface area (TPSA) is 115 Å². The summed E-state index contributed by atoms with van der Waals surface area (Å²) in [5.41, 5.74) is -0.471. The number of aliphatic hydroxyl groups is 1. The zero-order valence-electron chi connectivity index (χ0n) is 14.0. The Morgan fingerprint density at radius 3 is 2.67 bits per heavy atom. The lowest BCUT2D eigenvalue weighted by Crippen LogP contribution is -2.42. The highest BCUT2D eigenvalue weighted by Gasteiger charge is 2.43. The highest BCUT2D eigenvalue weighted by atomic mass is 16.8. The molecule has 9 nitrogen and oxygen atoms in total. The van der Waals surface area contributed by atoms with Crippen LogP contribution in [0.4, 0.5) is 5.95 Å². The summed E-state index contributed by atoms with van der Waals surface area (Å²) in [4.78, 5) is 27.4. The van der Waals surface area contributed by atoms with Gasteiger partial charge in [0.05, 0.1) is 0 Å². The van der Waals surface area contributed by atoms with Gasteiger partial charge in [0.1, 0.15) is 0 Å². The first-order valence-electron chi connectivity index (χ1n) is 7.59. The van der Waals surface area contributed by atoms with Gasteiger partial charge in [-0.3, -0.25) is 9.36 Å². The molecule has 1 aromatic heterocycles. The van der Waals surface area contributed by atoms with Gasteiger partial charge in [0.25, 0.3) is 17.4 Å². The third kappa shape index (κ3) is 3.61. The molecule has 9 heteroatoms. The van der Waals surface area contributed by atoms with Crippen molar-refractivity contribution in [3.63, 3.8) is 0 Å². The summed E-state index contributed by atoms with van der Waals surface area (Å²) in [5.74, 6) is -2.86. The number of nitrogens with zero attached hydrogens (tertiary/aromatic N) is 4. The van der Waals surface area contributed by atoms with E-state index in [9.17, 15) is 14.7 Å². The van der Waals surface area contributed by atoms with Crippen molar-refractivity contribution in [2.24, 2.45) is 16.1 Å². The van der Waals surface area contributed by atoms with Crippen LogP contribution in [0.25, 0.3) is 0 Å². The van der Waals surface area contributed by atoms with E-state index >= 15 is 0 Å². The molecule has 0 fully saturated rings. The van der Waals surface area contributed by atoms with Crippen molar-refractivity contribution in [2.45, 2.75) is 46.3 Å². The summed E-state index contributed by atoms with van der Waals surface area (Å²) in [7, 11) is 0. The first kappa shape index (κ1) is 17.6. The summed E-state index contributed by atoms with van der Waals surface area (Å²) in [5, 5.41) is 17.4. The van der Waals surface area contributed by atoms with Crippen molar-refractivity contribution >= 4 is 17.8 Å². The zero-order valence-corrected chi connectivity index (χ0v) is 14.0. The Morgan fingerprint density at radius 2 is 2.12 bits per heavy atom. The molecule has 1 N–H and O–H groups in total. The molecule has 2 heterocycles. The molecule has 0 radical (unpaired) electrons. The molecule has 1 aliphatic rings. The SMILES string of the molecule is CCC1(CC(C)C)OC(=O)C(N=Nc2nccn2C(C)=O)=C(O)O1. The fourth-order valence-electron chi connectivity index (χ4n) is 2.34. The molecular formula is C15H20N4O5. The highest BCUT2D eigenvalue weighted by Crippen LogP contribution is 2.34. The number of azo groups is 1. The van der Waals surface area contributed by atoms with E-state index in [0.717, 1.165) is 4.57 Å². The van der Waals surface area contributed by atoms with Crippen molar-refractivity contribution in [3.8, 4) is 0 Å². The van der Waals surface area contributed by atoms with Gasteiger partial charge in [-0.2, -0.15) is 0 Å². The van der Waals surface area contributed by atoms with Crippen molar-refractivity contribution in [3.05, 3.63) is 24.0 Å². The van der Waals surface area contributed by atoms with E-state index in [1.54, 1.807) is 6.92 Å². The van der Waals surface area contributed by atoms with Gasteiger partial charge < -0.3 is 14.6 Å². The highest BCUT2D eigenvalue weighted by molar-refractivity contribution is 5.89. The smallest absolute Gasteiger partial charge is 0.369 e. The molecule has 0 saturated carbocycles. The molecule has 0 saturated heterocycles. The molecule has 0 spiro atoms. The van der Waals surface area contributed by atoms with E-state index in [4.69, 9.17) is 9.47 Å². The summed E-state index contributed by atoms with van der Waals surface area (Å²) in [6.07, 6.45) is 3.58. The fraction of sp³-hybridized carbons (Fsp3) is 0.533. The van der Waals surface area contributed by atoms with Gasteiger partial charge in [0, 0.05) is 32.2 Å². The standard InChI is InChI=1S/C15H20N4O5/c1-5-15(8-9(2)3)23-12(21)11(13(22)24-15)17-18-14-16-6-7-19(14)10(4)20/h6-7,9,21H,5,8H2,1-4H3. The van der Waals surface area contributed by atoms with Crippen LogP contribution >= 0.6 is 0 Å². The number of rotatable bonds is 5. The van der Waals surface area contributed by atoms with Crippen LogP contribution in [0.2, 0.25) is 0 Å². The van der Waals surface area contributed by atoms with E-state index < -0.39 is 23.4 Å². The number of carbonyl (C=O) groups is 2. The molecule has 1 aliphatic heterocycles. The van der Waals surface area contributed by atoms with Crippen molar-refractivity contribution in [1.29, 1.82) is 0 Å². The fourth-order valence-corrected chi connectivity index (χ4v) is 2.34.